The monoisotopic (exact) mass is 199 g/mol. The van der Waals surface area contributed by atoms with Crippen LogP contribution in [0.2, 0.25) is 0 Å². The number of hydrogen-bond donors (Lipinski definition) is 1. The lowest BCUT2D eigenvalue weighted by Crippen LogP contribution is -2.22. The van der Waals surface area contributed by atoms with Crippen molar-refractivity contribution in [3.05, 3.63) is 0 Å². The highest BCUT2D eigenvalue weighted by Gasteiger charge is 1.99. The number of hydrogen-bond acceptors (Lipinski definition) is 1. The molecule has 0 spiro atoms. The minimum atomic E-state index is 0.852. The zero-order chi connectivity index (χ0) is 10.8. The van der Waals surface area contributed by atoms with Gasteiger partial charge in [-0.05, 0) is 37.8 Å². The van der Waals surface area contributed by atoms with E-state index in [2.05, 4.69) is 33.0 Å². The Morgan fingerprint density at radius 1 is 1.00 bits per heavy atom. The first-order valence-electron chi connectivity index (χ1n) is 6.37. The Bertz CT molecular complexity index is 110. The van der Waals surface area contributed by atoms with Gasteiger partial charge in [0.25, 0.3) is 0 Å². The van der Waals surface area contributed by atoms with Crippen molar-refractivity contribution in [1.82, 2.24) is 5.32 Å². The summed E-state index contributed by atoms with van der Waals surface area (Å²) in [5.74, 6) is 1.72. The van der Waals surface area contributed by atoms with Crippen LogP contribution in [-0.4, -0.2) is 13.1 Å². The first kappa shape index (κ1) is 14.0. The maximum atomic E-state index is 3.54. The predicted octanol–water partition coefficient (Wildman–Crippen LogP) is 3.84. The van der Waals surface area contributed by atoms with Crippen molar-refractivity contribution in [2.45, 2.75) is 59.8 Å². The summed E-state index contributed by atoms with van der Waals surface area (Å²) in [4.78, 5) is 0. The molecule has 0 aliphatic heterocycles. The molecule has 14 heavy (non-hydrogen) atoms. The Morgan fingerprint density at radius 2 is 1.71 bits per heavy atom. The zero-order valence-electron chi connectivity index (χ0n) is 10.6. The molecule has 0 heterocycles. The number of rotatable bonds is 9. The van der Waals surface area contributed by atoms with E-state index in [1.807, 2.05) is 0 Å². The third-order valence-corrected chi connectivity index (χ3v) is 2.66. The molecule has 1 unspecified atom stereocenters. The summed E-state index contributed by atoms with van der Waals surface area (Å²) >= 11 is 0. The van der Waals surface area contributed by atoms with Gasteiger partial charge in [0.15, 0.2) is 0 Å². The number of nitrogens with one attached hydrogen (secondary N) is 1. The highest BCUT2D eigenvalue weighted by atomic mass is 14.8. The van der Waals surface area contributed by atoms with Crippen molar-refractivity contribution in [2.24, 2.45) is 11.8 Å². The Morgan fingerprint density at radius 3 is 2.29 bits per heavy atom. The van der Waals surface area contributed by atoms with Crippen LogP contribution in [0.5, 0.6) is 0 Å². The van der Waals surface area contributed by atoms with Gasteiger partial charge in [-0.2, -0.15) is 0 Å². The first-order chi connectivity index (χ1) is 6.66. The van der Waals surface area contributed by atoms with Gasteiger partial charge in [-0.3, -0.25) is 0 Å². The van der Waals surface area contributed by atoms with E-state index in [1.165, 1.54) is 45.2 Å². The summed E-state index contributed by atoms with van der Waals surface area (Å²) in [6.07, 6.45) is 6.78. The first-order valence-corrected chi connectivity index (χ1v) is 6.37. The topological polar surface area (TPSA) is 12.0 Å². The van der Waals surface area contributed by atoms with Crippen molar-refractivity contribution in [3.8, 4) is 0 Å². The number of unbranched alkanes of at least 4 members (excludes halogenated alkanes) is 1. The van der Waals surface area contributed by atoms with Crippen LogP contribution >= 0.6 is 0 Å². The Labute approximate surface area is 90.7 Å². The fourth-order valence-corrected chi connectivity index (χ4v) is 1.75. The summed E-state index contributed by atoms with van der Waals surface area (Å²) in [6.45, 7) is 11.6. The summed E-state index contributed by atoms with van der Waals surface area (Å²) < 4.78 is 0. The van der Waals surface area contributed by atoms with E-state index in [-0.39, 0.29) is 0 Å². The maximum absolute atomic E-state index is 3.54. The van der Waals surface area contributed by atoms with Crippen molar-refractivity contribution < 1.29 is 0 Å². The standard InChI is InChI=1S/C13H29N/c1-5-8-13(4)11-14-10-7-6-9-12(2)3/h12-14H,5-11H2,1-4H3. The molecule has 1 heteroatoms. The van der Waals surface area contributed by atoms with Crippen LogP contribution in [0, 0.1) is 11.8 Å². The largest absolute Gasteiger partial charge is 0.316 e. The van der Waals surface area contributed by atoms with Gasteiger partial charge in [0.05, 0.1) is 0 Å². The van der Waals surface area contributed by atoms with Gasteiger partial charge in [-0.15, -0.1) is 0 Å². The van der Waals surface area contributed by atoms with Crippen molar-refractivity contribution >= 4 is 0 Å². The van der Waals surface area contributed by atoms with Crippen LogP contribution in [0.3, 0.4) is 0 Å². The SMILES string of the molecule is CCCC(C)CNCCCCC(C)C. The second kappa shape index (κ2) is 9.51. The molecular formula is C13H29N. The molecule has 1 N–H and O–H groups in total. The van der Waals surface area contributed by atoms with E-state index in [0.29, 0.717) is 0 Å². The van der Waals surface area contributed by atoms with Gasteiger partial charge in [-0.1, -0.05) is 47.0 Å². The predicted molar refractivity (Wildman–Crippen MR) is 65.6 cm³/mol. The fraction of sp³-hybridized carbons (Fsp3) is 1.00. The Kier molecular flexibility index (Phi) is 9.49. The van der Waals surface area contributed by atoms with Crippen LogP contribution in [0.4, 0.5) is 0 Å². The molecule has 0 aromatic rings. The highest BCUT2D eigenvalue weighted by Crippen LogP contribution is 2.06. The molecule has 1 atom stereocenters. The second-order valence-electron chi connectivity index (χ2n) is 4.99. The van der Waals surface area contributed by atoms with Gasteiger partial charge < -0.3 is 5.32 Å². The van der Waals surface area contributed by atoms with E-state index in [9.17, 15) is 0 Å². The molecule has 0 aromatic heterocycles. The Balaban J connectivity index is 3.05. The minimum Gasteiger partial charge on any atom is -0.316 e. The van der Waals surface area contributed by atoms with Gasteiger partial charge in [0, 0.05) is 0 Å². The highest BCUT2D eigenvalue weighted by molar-refractivity contribution is 4.57. The molecule has 0 saturated carbocycles. The molecule has 0 radical (unpaired) electrons. The van der Waals surface area contributed by atoms with Gasteiger partial charge in [0.2, 0.25) is 0 Å². The molecule has 0 amide bonds. The van der Waals surface area contributed by atoms with E-state index in [1.54, 1.807) is 0 Å². The molecule has 0 rings (SSSR count). The lowest BCUT2D eigenvalue weighted by atomic mass is 10.1. The molecular weight excluding hydrogens is 170 g/mol. The van der Waals surface area contributed by atoms with Crippen molar-refractivity contribution in [3.63, 3.8) is 0 Å². The van der Waals surface area contributed by atoms with E-state index in [0.717, 1.165) is 11.8 Å². The van der Waals surface area contributed by atoms with Crippen LogP contribution in [0.15, 0.2) is 0 Å². The van der Waals surface area contributed by atoms with Crippen LogP contribution in [0.25, 0.3) is 0 Å². The van der Waals surface area contributed by atoms with Crippen molar-refractivity contribution in [2.75, 3.05) is 13.1 Å². The van der Waals surface area contributed by atoms with Crippen LogP contribution < -0.4 is 5.32 Å². The molecule has 0 saturated heterocycles. The lowest BCUT2D eigenvalue weighted by Gasteiger charge is -2.11. The Hall–Kier alpha value is -0.0400. The van der Waals surface area contributed by atoms with E-state index in [4.69, 9.17) is 0 Å². The molecule has 0 aromatic carbocycles. The third kappa shape index (κ3) is 10.0. The molecule has 0 aliphatic rings. The average molecular weight is 199 g/mol. The smallest absolute Gasteiger partial charge is 0.00232 e. The van der Waals surface area contributed by atoms with Gasteiger partial charge in [0.1, 0.15) is 0 Å². The minimum absolute atomic E-state index is 0.852. The normalized spacial score (nSPS) is 13.5. The summed E-state index contributed by atoms with van der Waals surface area (Å²) in [7, 11) is 0. The lowest BCUT2D eigenvalue weighted by molar-refractivity contribution is 0.460. The molecule has 0 bridgehead atoms. The summed E-state index contributed by atoms with van der Waals surface area (Å²) in [5.41, 5.74) is 0. The third-order valence-electron chi connectivity index (χ3n) is 2.66. The van der Waals surface area contributed by atoms with Crippen LogP contribution in [0.1, 0.15) is 59.8 Å². The molecule has 1 nitrogen and oxygen atoms in total. The van der Waals surface area contributed by atoms with E-state index >= 15 is 0 Å². The molecule has 0 fully saturated rings. The molecule has 86 valence electrons. The van der Waals surface area contributed by atoms with Gasteiger partial charge in [-0.25, -0.2) is 0 Å². The van der Waals surface area contributed by atoms with Crippen molar-refractivity contribution in [1.29, 1.82) is 0 Å². The van der Waals surface area contributed by atoms with Crippen LogP contribution in [-0.2, 0) is 0 Å². The second-order valence-corrected chi connectivity index (χ2v) is 4.99. The van der Waals surface area contributed by atoms with Gasteiger partial charge >= 0.3 is 0 Å². The fourth-order valence-electron chi connectivity index (χ4n) is 1.75. The van der Waals surface area contributed by atoms with E-state index < -0.39 is 0 Å². The molecule has 0 aliphatic carbocycles. The average Bonchev–Trinajstić information content (AvgIpc) is 2.11. The quantitative estimate of drug-likeness (QED) is 0.556. The zero-order valence-corrected chi connectivity index (χ0v) is 10.6. The summed E-state index contributed by atoms with van der Waals surface area (Å²) in [6, 6.07) is 0. The maximum Gasteiger partial charge on any atom is -0.00232 e. The summed E-state index contributed by atoms with van der Waals surface area (Å²) in [5, 5.41) is 3.54.